The summed E-state index contributed by atoms with van der Waals surface area (Å²) in [6.45, 7) is 2.42. The first-order chi connectivity index (χ1) is 33.3. The van der Waals surface area contributed by atoms with E-state index in [1.807, 2.05) is 18.2 Å². The number of hydrogen-bond acceptors (Lipinski definition) is 19. The van der Waals surface area contributed by atoms with E-state index in [-0.39, 0.29) is 43.9 Å². The van der Waals surface area contributed by atoms with E-state index < -0.39 is 97.2 Å². The number of alkyl carbamates (subject to hydrolysis) is 1. The first-order valence-corrected chi connectivity index (χ1v) is 21.8. The van der Waals surface area contributed by atoms with Crippen LogP contribution in [0.3, 0.4) is 0 Å². The molecular weight excluding hydrogens is 907 g/mol. The number of nitrogens with one attached hydrogen (secondary N) is 1. The van der Waals surface area contributed by atoms with Gasteiger partial charge in [-0.05, 0) is 52.1 Å². The van der Waals surface area contributed by atoms with Crippen molar-refractivity contribution in [3.05, 3.63) is 113 Å². The lowest BCUT2D eigenvalue weighted by molar-refractivity contribution is -0.294. The van der Waals surface area contributed by atoms with E-state index in [1.54, 1.807) is 66.7 Å². The standard InChI is InChI=1S/C49H49NO19/c1-25(51)59-23-38-44(65-26(2)52)45(66-27(3)53)41(50-48(55)61-20-28-12-8-6-9-13-28)47(67-38)68-42-32-19-35-34(63-24-64-35)18-31(32)39(40-33(42)22-60-46(40)54)30-16-36(57-4)43(37(17-30)58-5)69-49(56)62-21-29-14-10-7-11-15-29/h6-19,33,38-42,44-45,47H,20-24H2,1-5H3,(H,50,55)/t33-,38+,39+,40-,41+,42+,44+,45+,47-/m0/s1. The second-order valence-electron chi connectivity index (χ2n) is 16.3. The monoisotopic (exact) mass is 955 g/mol. The Morgan fingerprint density at radius 2 is 1.29 bits per heavy atom. The maximum absolute atomic E-state index is 14.2. The second kappa shape index (κ2) is 21.2. The van der Waals surface area contributed by atoms with Crippen molar-refractivity contribution in [3.63, 3.8) is 0 Å². The van der Waals surface area contributed by atoms with E-state index in [9.17, 15) is 28.8 Å². The number of hydrogen-bond donors (Lipinski definition) is 1. The molecular formula is C49H49NO19. The molecule has 8 rings (SSSR count). The van der Waals surface area contributed by atoms with Crippen molar-refractivity contribution in [2.45, 2.75) is 76.7 Å². The minimum atomic E-state index is -1.60. The van der Waals surface area contributed by atoms with Crippen LogP contribution in [0.4, 0.5) is 9.59 Å². The Bertz CT molecular complexity index is 2530. The summed E-state index contributed by atoms with van der Waals surface area (Å²) in [6.07, 6.45) is -9.01. The summed E-state index contributed by atoms with van der Waals surface area (Å²) < 4.78 is 75.7. The highest BCUT2D eigenvalue weighted by molar-refractivity contribution is 5.79. The summed E-state index contributed by atoms with van der Waals surface area (Å²) in [6, 6.07) is 23.0. The van der Waals surface area contributed by atoms with Crippen molar-refractivity contribution < 1.29 is 90.3 Å². The van der Waals surface area contributed by atoms with Gasteiger partial charge in [-0.1, -0.05) is 60.7 Å². The molecule has 4 aliphatic rings. The molecule has 364 valence electrons. The zero-order valence-corrected chi connectivity index (χ0v) is 38.1. The Kier molecular flexibility index (Phi) is 14.7. The zero-order valence-electron chi connectivity index (χ0n) is 38.1. The molecule has 4 aromatic rings. The van der Waals surface area contributed by atoms with Gasteiger partial charge in [0.25, 0.3) is 0 Å². The molecule has 2 fully saturated rings. The van der Waals surface area contributed by atoms with Gasteiger partial charge >= 0.3 is 36.1 Å². The molecule has 0 saturated carbocycles. The number of fused-ring (bicyclic) bond motifs is 3. The van der Waals surface area contributed by atoms with Crippen LogP contribution >= 0.6 is 0 Å². The van der Waals surface area contributed by atoms with E-state index in [0.717, 1.165) is 26.3 Å². The third-order valence-electron chi connectivity index (χ3n) is 11.8. The van der Waals surface area contributed by atoms with Crippen LogP contribution in [0, 0.1) is 11.8 Å². The number of benzene rings is 4. The molecule has 20 nitrogen and oxygen atoms in total. The molecule has 0 aromatic heterocycles. The average molecular weight is 956 g/mol. The third-order valence-corrected chi connectivity index (χ3v) is 11.8. The Hall–Kier alpha value is -7.58. The normalized spacial score (nSPS) is 24.0. The predicted molar refractivity (Wildman–Crippen MR) is 233 cm³/mol. The Morgan fingerprint density at radius 1 is 0.696 bits per heavy atom. The molecule has 0 bridgehead atoms. The molecule has 1 aliphatic carbocycles. The van der Waals surface area contributed by atoms with Gasteiger partial charge < -0.3 is 66.9 Å². The zero-order chi connectivity index (χ0) is 48.8. The largest absolute Gasteiger partial charge is 0.514 e. The van der Waals surface area contributed by atoms with Crippen molar-refractivity contribution in [2.75, 3.05) is 34.2 Å². The Balaban J connectivity index is 1.18. The lowest BCUT2D eigenvalue weighted by Gasteiger charge is -2.47. The van der Waals surface area contributed by atoms with Crippen molar-refractivity contribution in [1.29, 1.82) is 0 Å². The summed E-state index contributed by atoms with van der Waals surface area (Å²) in [7, 11) is 2.75. The van der Waals surface area contributed by atoms with Gasteiger partial charge in [0.2, 0.25) is 12.5 Å². The van der Waals surface area contributed by atoms with Crippen LogP contribution in [0.1, 0.15) is 60.6 Å². The molecule has 9 atom stereocenters. The molecule has 2 saturated heterocycles. The first-order valence-electron chi connectivity index (χ1n) is 21.8. The van der Waals surface area contributed by atoms with Gasteiger partial charge in [-0.25, -0.2) is 9.59 Å². The molecule has 3 heterocycles. The minimum Gasteiger partial charge on any atom is -0.493 e. The molecule has 0 spiro atoms. The van der Waals surface area contributed by atoms with E-state index in [4.69, 9.17) is 61.6 Å². The van der Waals surface area contributed by atoms with Crippen LogP contribution in [-0.2, 0) is 70.3 Å². The Labute approximate surface area is 395 Å². The van der Waals surface area contributed by atoms with Crippen LogP contribution in [0.25, 0.3) is 0 Å². The van der Waals surface area contributed by atoms with Crippen molar-refractivity contribution in [2.24, 2.45) is 11.8 Å². The van der Waals surface area contributed by atoms with Gasteiger partial charge in [-0.3, -0.25) is 19.2 Å². The fourth-order valence-corrected chi connectivity index (χ4v) is 8.91. The fraction of sp³-hybridized carbons (Fsp3) is 0.388. The quantitative estimate of drug-likeness (QED) is 0.0869. The SMILES string of the molecule is COc1cc([C@@H]2c3cc4c(cc3[C@@H](O[C@@H]3O[C@H](COC(C)=O)[C@@H](OC(C)=O)[C@H](OC(C)=O)[C@H]3NC(=O)OCc3ccccc3)[C@H]3COC(=O)[C@H]23)OCO4)cc(OC)c1OC(=O)OCc1ccccc1. The van der Waals surface area contributed by atoms with E-state index >= 15 is 0 Å². The first kappa shape index (κ1) is 47.9. The Morgan fingerprint density at radius 3 is 1.88 bits per heavy atom. The van der Waals surface area contributed by atoms with Crippen molar-refractivity contribution in [3.8, 4) is 28.7 Å². The number of amides is 1. The summed E-state index contributed by atoms with van der Waals surface area (Å²) in [4.78, 5) is 78.4. The maximum Gasteiger partial charge on any atom is 0.514 e. The van der Waals surface area contributed by atoms with E-state index in [2.05, 4.69) is 5.32 Å². The van der Waals surface area contributed by atoms with Crippen LogP contribution < -0.4 is 29.0 Å². The van der Waals surface area contributed by atoms with E-state index in [1.165, 1.54) is 14.2 Å². The molecule has 1 N–H and O–H groups in total. The lowest BCUT2D eigenvalue weighted by atomic mass is 9.66. The number of cyclic esters (lactones) is 1. The van der Waals surface area contributed by atoms with Gasteiger partial charge in [-0.15, -0.1) is 0 Å². The number of carbonyl (C=O) groups excluding carboxylic acids is 6. The molecule has 3 aliphatic heterocycles. The fourth-order valence-electron chi connectivity index (χ4n) is 8.91. The molecule has 1 amide bonds. The molecule has 4 aromatic carbocycles. The number of rotatable bonds is 15. The van der Waals surface area contributed by atoms with Crippen molar-refractivity contribution >= 4 is 36.1 Å². The average Bonchev–Trinajstić information content (AvgIpc) is 3.97. The van der Waals surface area contributed by atoms with Crippen molar-refractivity contribution in [1.82, 2.24) is 5.32 Å². The summed E-state index contributed by atoms with van der Waals surface area (Å²) in [5.41, 5.74) is 2.87. The minimum absolute atomic E-state index is 0.0587. The predicted octanol–water partition coefficient (Wildman–Crippen LogP) is 5.59. The molecule has 20 heteroatoms. The third kappa shape index (κ3) is 10.8. The highest BCUT2D eigenvalue weighted by atomic mass is 16.7. The topological polar surface area (TPSA) is 234 Å². The number of esters is 4. The molecule has 0 radical (unpaired) electrons. The highest BCUT2D eigenvalue weighted by Gasteiger charge is 2.57. The van der Waals surface area contributed by atoms with Crippen LogP contribution in [-0.4, -0.2) is 101 Å². The van der Waals surface area contributed by atoms with Crippen LogP contribution in [0.2, 0.25) is 0 Å². The van der Waals surface area contributed by atoms with Gasteiger partial charge in [0, 0.05) is 32.6 Å². The number of ether oxygens (including phenoxy) is 13. The summed E-state index contributed by atoms with van der Waals surface area (Å²) >= 11 is 0. The number of methoxy groups -OCH3 is 2. The van der Waals surface area contributed by atoms with Gasteiger partial charge in [0.15, 0.2) is 41.5 Å². The summed E-state index contributed by atoms with van der Waals surface area (Å²) in [5, 5.41) is 2.70. The van der Waals surface area contributed by atoms with E-state index in [0.29, 0.717) is 33.8 Å². The second-order valence-corrected chi connectivity index (χ2v) is 16.3. The van der Waals surface area contributed by atoms with Crippen LogP contribution in [0.5, 0.6) is 28.7 Å². The van der Waals surface area contributed by atoms with Gasteiger partial charge in [0.05, 0.1) is 32.8 Å². The van der Waals surface area contributed by atoms with Crippen LogP contribution in [0.15, 0.2) is 84.9 Å². The maximum atomic E-state index is 14.2. The summed E-state index contributed by atoms with van der Waals surface area (Å²) in [5.74, 6) is -4.74. The molecule has 0 unspecified atom stereocenters. The van der Waals surface area contributed by atoms with Gasteiger partial charge in [-0.2, -0.15) is 0 Å². The lowest BCUT2D eigenvalue weighted by Crippen LogP contribution is -2.67. The smallest absolute Gasteiger partial charge is 0.493 e. The van der Waals surface area contributed by atoms with Gasteiger partial charge in [0.1, 0.15) is 32.0 Å². The number of carbonyl (C=O) groups is 6. The highest BCUT2D eigenvalue weighted by Crippen LogP contribution is 2.57. The molecule has 69 heavy (non-hydrogen) atoms.